The van der Waals surface area contributed by atoms with E-state index in [1.165, 1.54) is 24.0 Å². The maximum atomic E-state index is 13.2. The monoisotopic (exact) mass is 560 g/mol. The quantitative estimate of drug-likeness (QED) is 0.344. The van der Waals surface area contributed by atoms with Gasteiger partial charge in [0, 0.05) is 37.7 Å². The number of halogens is 1. The minimum Gasteiger partial charge on any atom is -0.497 e. The van der Waals surface area contributed by atoms with Crippen LogP contribution in [-0.4, -0.2) is 55.6 Å². The number of aryl methyl sites for hydroxylation is 1. The van der Waals surface area contributed by atoms with Gasteiger partial charge in [-0.25, -0.2) is 0 Å². The lowest BCUT2D eigenvalue weighted by Crippen LogP contribution is -2.48. The normalized spacial score (nSPS) is 18.2. The first-order valence-corrected chi connectivity index (χ1v) is 15.0. The number of ether oxygens (including phenoxy) is 2. The van der Waals surface area contributed by atoms with Gasteiger partial charge in [0.1, 0.15) is 18.1 Å². The van der Waals surface area contributed by atoms with Crippen LogP contribution in [0.25, 0.3) is 0 Å². The van der Waals surface area contributed by atoms with Crippen LogP contribution in [0.5, 0.6) is 11.5 Å². The van der Waals surface area contributed by atoms with Crippen molar-refractivity contribution < 1.29 is 14.3 Å². The van der Waals surface area contributed by atoms with Crippen molar-refractivity contribution in [3.05, 3.63) is 94.5 Å². The Bertz CT molecular complexity index is 1240. The number of carbonyl (C=O) groups is 1. The third-order valence-electron chi connectivity index (χ3n) is 8.61. The Kier molecular flexibility index (Phi) is 9.66. The van der Waals surface area contributed by atoms with E-state index in [9.17, 15) is 4.79 Å². The Hall–Kier alpha value is -3.02. The van der Waals surface area contributed by atoms with E-state index < -0.39 is 0 Å². The second kappa shape index (κ2) is 13.6. The molecule has 1 fully saturated rings. The summed E-state index contributed by atoms with van der Waals surface area (Å²) in [5.41, 5.74) is 3.80. The summed E-state index contributed by atoms with van der Waals surface area (Å²) >= 11 is 6.03. The van der Waals surface area contributed by atoms with E-state index in [2.05, 4.69) is 46.2 Å². The summed E-state index contributed by atoms with van der Waals surface area (Å²) in [4.78, 5) is 17.8. The molecule has 2 heterocycles. The van der Waals surface area contributed by atoms with Crippen molar-refractivity contribution in [2.75, 3.05) is 39.9 Å². The van der Waals surface area contributed by atoms with Crippen molar-refractivity contribution in [1.82, 2.24) is 9.80 Å². The Morgan fingerprint density at radius 2 is 1.62 bits per heavy atom. The van der Waals surface area contributed by atoms with Gasteiger partial charge in [-0.2, -0.15) is 0 Å². The number of amides is 1. The van der Waals surface area contributed by atoms with Gasteiger partial charge in [0.2, 0.25) is 5.91 Å². The molecule has 0 unspecified atom stereocenters. The second-order valence-electron chi connectivity index (χ2n) is 11.4. The summed E-state index contributed by atoms with van der Waals surface area (Å²) in [6.07, 6.45) is 7.08. The fourth-order valence-electron chi connectivity index (χ4n) is 6.24. The standard InChI is InChI=1S/C34H41ClN2O3/c1-39-31-15-11-28(12-16-31)25-36-22-23-40-32-8-3-2-6-29(32)7-4-5-17-34(26-36)18-20-37(21-19-34)33(38)24-27-9-13-30(35)14-10-27/h2-3,6,8-16H,4-5,7,17-26H2,1H3. The van der Waals surface area contributed by atoms with Gasteiger partial charge in [0.15, 0.2) is 0 Å². The number of hydrogen-bond acceptors (Lipinski definition) is 4. The highest BCUT2D eigenvalue weighted by Crippen LogP contribution is 2.39. The van der Waals surface area contributed by atoms with Crippen molar-refractivity contribution in [2.45, 2.75) is 51.5 Å². The Balaban J connectivity index is 1.29. The minimum absolute atomic E-state index is 0.197. The van der Waals surface area contributed by atoms with Gasteiger partial charge in [-0.3, -0.25) is 9.69 Å². The van der Waals surface area contributed by atoms with Gasteiger partial charge >= 0.3 is 0 Å². The van der Waals surface area contributed by atoms with Crippen LogP contribution in [0, 0.1) is 5.41 Å². The second-order valence-corrected chi connectivity index (χ2v) is 11.8. The Morgan fingerprint density at radius 1 is 0.900 bits per heavy atom. The average molecular weight is 561 g/mol. The molecule has 0 atom stereocenters. The number of carbonyl (C=O) groups excluding carboxylic acids is 1. The van der Waals surface area contributed by atoms with E-state index >= 15 is 0 Å². The van der Waals surface area contributed by atoms with Gasteiger partial charge in [-0.15, -0.1) is 0 Å². The van der Waals surface area contributed by atoms with Crippen LogP contribution in [0.1, 0.15) is 48.8 Å². The zero-order chi connectivity index (χ0) is 27.8. The van der Waals surface area contributed by atoms with Crippen molar-refractivity contribution >= 4 is 17.5 Å². The molecule has 0 radical (unpaired) electrons. The van der Waals surface area contributed by atoms with Gasteiger partial charge in [-0.05, 0) is 84.5 Å². The molecule has 40 heavy (non-hydrogen) atoms. The van der Waals surface area contributed by atoms with Crippen molar-refractivity contribution in [2.24, 2.45) is 5.41 Å². The minimum atomic E-state index is 0.197. The molecule has 2 aliphatic heterocycles. The number of benzene rings is 3. The van der Waals surface area contributed by atoms with Gasteiger partial charge < -0.3 is 14.4 Å². The predicted octanol–water partition coefficient (Wildman–Crippen LogP) is 6.81. The van der Waals surface area contributed by atoms with Crippen molar-refractivity contribution in [3.8, 4) is 11.5 Å². The molecule has 1 saturated heterocycles. The van der Waals surface area contributed by atoms with Crippen LogP contribution in [0.4, 0.5) is 0 Å². The first kappa shape index (κ1) is 28.5. The molecule has 212 valence electrons. The number of para-hydroxylation sites is 1. The van der Waals surface area contributed by atoms with Gasteiger partial charge in [0.25, 0.3) is 0 Å². The summed E-state index contributed by atoms with van der Waals surface area (Å²) < 4.78 is 11.7. The average Bonchev–Trinajstić information content (AvgIpc) is 2.97. The van der Waals surface area contributed by atoms with Crippen LogP contribution in [0.2, 0.25) is 5.02 Å². The molecule has 0 aromatic heterocycles. The van der Waals surface area contributed by atoms with E-state index in [1.54, 1.807) is 7.11 Å². The van der Waals surface area contributed by atoms with Crippen LogP contribution in [0.3, 0.4) is 0 Å². The summed E-state index contributed by atoms with van der Waals surface area (Å²) in [6.45, 7) is 5.06. The Morgan fingerprint density at radius 3 is 2.38 bits per heavy atom. The van der Waals surface area contributed by atoms with Crippen LogP contribution in [0.15, 0.2) is 72.8 Å². The first-order chi connectivity index (χ1) is 19.5. The highest BCUT2D eigenvalue weighted by Gasteiger charge is 2.37. The molecule has 5 rings (SSSR count). The SMILES string of the molecule is COc1ccc(CN2CCOc3ccccc3CCCCC3(CCN(C(=O)Cc4ccc(Cl)cc4)CC3)C2)cc1. The summed E-state index contributed by atoms with van der Waals surface area (Å²) in [5, 5.41) is 0.701. The molecule has 3 aromatic carbocycles. The molecule has 1 amide bonds. The molecule has 6 heteroatoms. The lowest BCUT2D eigenvalue weighted by molar-refractivity contribution is -0.133. The topological polar surface area (TPSA) is 42.0 Å². The van der Waals surface area contributed by atoms with E-state index in [4.69, 9.17) is 21.1 Å². The predicted molar refractivity (Wildman–Crippen MR) is 161 cm³/mol. The van der Waals surface area contributed by atoms with Crippen molar-refractivity contribution in [3.63, 3.8) is 0 Å². The molecule has 0 bridgehead atoms. The molecule has 0 saturated carbocycles. The maximum absolute atomic E-state index is 13.2. The molecule has 0 aliphatic carbocycles. The molecule has 1 spiro atoms. The van der Waals surface area contributed by atoms with Crippen LogP contribution >= 0.6 is 11.6 Å². The van der Waals surface area contributed by atoms with Crippen LogP contribution in [-0.2, 0) is 24.2 Å². The zero-order valence-electron chi connectivity index (χ0n) is 23.6. The number of likely N-dealkylation sites (tertiary alicyclic amines) is 1. The van der Waals surface area contributed by atoms with Crippen LogP contribution < -0.4 is 9.47 Å². The number of piperidine rings is 1. The number of rotatable bonds is 5. The van der Waals surface area contributed by atoms with Gasteiger partial charge in [-0.1, -0.05) is 60.5 Å². The molecule has 0 N–H and O–H groups in total. The fraction of sp³-hybridized carbons (Fsp3) is 0.441. The number of fused-ring (bicyclic) bond motifs is 1. The fourth-order valence-corrected chi connectivity index (χ4v) is 6.36. The molecule has 5 nitrogen and oxygen atoms in total. The van der Waals surface area contributed by atoms with Gasteiger partial charge in [0.05, 0.1) is 13.5 Å². The maximum Gasteiger partial charge on any atom is 0.226 e. The number of hydrogen-bond donors (Lipinski definition) is 0. The van der Waals surface area contributed by atoms with E-state index in [1.807, 2.05) is 36.4 Å². The lowest BCUT2D eigenvalue weighted by atomic mass is 9.73. The zero-order valence-corrected chi connectivity index (χ0v) is 24.4. The number of nitrogens with zero attached hydrogens (tertiary/aromatic N) is 2. The smallest absolute Gasteiger partial charge is 0.226 e. The van der Waals surface area contributed by atoms with E-state index in [0.29, 0.717) is 18.1 Å². The molecular weight excluding hydrogens is 520 g/mol. The summed E-state index contributed by atoms with van der Waals surface area (Å²) in [5.74, 6) is 2.12. The molecule has 2 aliphatic rings. The molecular formula is C34H41ClN2O3. The lowest BCUT2D eigenvalue weighted by Gasteiger charge is -2.45. The molecule has 3 aromatic rings. The number of methoxy groups -OCH3 is 1. The summed E-state index contributed by atoms with van der Waals surface area (Å²) in [7, 11) is 1.71. The highest BCUT2D eigenvalue weighted by molar-refractivity contribution is 6.30. The summed E-state index contributed by atoms with van der Waals surface area (Å²) in [6, 6.07) is 24.5. The third-order valence-corrected chi connectivity index (χ3v) is 8.86. The first-order valence-electron chi connectivity index (χ1n) is 14.6. The highest BCUT2D eigenvalue weighted by atomic mass is 35.5. The largest absolute Gasteiger partial charge is 0.497 e. The van der Waals surface area contributed by atoms with E-state index in [-0.39, 0.29) is 11.3 Å². The third kappa shape index (κ3) is 7.58. The van der Waals surface area contributed by atoms with Crippen molar-refractivity contribution in [1.29, 1.82) is 0 Å². The van der Waals surface area contributed by atoms with E-state index in [0.717, 1.165) is 75.5 Å². The Labute approximate surface area is 244 Å².